The van der Waals surface area contributed by atoms with Crippen molar-refractivity contribution in [1.29, 1.82) is 0 Å². The number of carbonyl (C=O) groups excluding carboxylic acids is 4. The van der Waals surface area contributed by atoms with E-state index in [0.717, 1.165) is 16.1 Å². The van der Waals surface area contributed by atoms with Gasteiger partial charge in [0.25, 0.3) is 11.8 Å². The summed E-state index contributed by atoms with van der Waals surface area (Å²) in [6.45, 7) is 7.45. The van der Waals surface area contributed by atoms with Crippen LogP contribution in [0.2, 0.25) is 0 Å². The molecule has 0 aliphatic rings. The lowest BCUT2D eigenvalue weighted by atomic mass is 9.82. The molecule has 2 atom stereocenters. The summed E-state index contributed by atoms with van der Waals surface area (Å²) in [6.07, 6.45) is 8.17. The molecule has 0 saturated carbocycles. The third-order valence-electron chi connectivity index (χ3n) is 7.43. The molecule has 0 bridgehead atoms. The second-order valence-electron chi connectivity index (χ2n) is 11.3. The maximum atomic E-state index is 14.0. The molecule has 4 amide bonds. The van der Waals surface area contributed by atoms with Gasteiger partial charge in [-0.05, 0) is 42.7 Å². The summed E-state index contributed by atoms with van der Waals surface area (Å²) in [5.41, 5.74) is 6.95. The molecule has 0 radical (unpaired) electrons. The van der Waals surface area contributed by atoms with Crippen LogP contribution in [0.4, 0.5) is 0 Å². The van der Waals surface area contributed by atoms with Gasteiger partial charge < -0.3 is 0 Å². The van der Waals surface area contributed by atoms with Gasteiger partial charge in [-0.15, -0.1) is 5.10 Å². The van der Waals surface area contributed by atoms with E-state index >= 15 is 0 Å². The number of hydrogen-bond acceptors (Lipinski definition) is 7. The quantitative estimate of drug-likeness (QED) is 0.222. The van der Waals surface area contributed by atoms with Crippen LogP contribution in [0, 0.1) is 23.7 Å². The smallest absolute Gasteiger partial charge is 0.269 e. The first-order valence-corrected chi connectivity index (χ1v) is 15.4. The third kappa shape index (κ3) is 11.1. The van der Waals surface area contributed by atoms with E-state index in [0.29, 0.717) is 19.3 Å². The molecule has 0 saturated heterocycles. The molecule has 2 aromatic carbocycles. The van der Waals surface area contributed by atoms with Gasteiger partial charge in [0.05, 0.1) is 24.6 Å². The lowest BCUT2D eigenvalue weighted by Gasteiger charge is -2.30. The standard InChI is InChI=1S/C34H44N6O5/c1-5-28(6-2)34(44)40(31(41)23-39-21-20-35-38-39)36-32(42)30(22-25(3)4)29(19-13-18-26-14-9-7-10-15-26)33(43)37-45-24-27-16-11-8-12-17-27/h7-18,20-21,25,28-30H,5-6,19,22-24H2,1-4H3,(H,36,42)(H,37,43)/b18-13+/t29-,30+/m0/s1. The van der Waals surface area contributed by atoms with E-state index < -0.39 is 41.4 Å². The lowest BCUT2D eigenvalue weighted by molar-refractivity contribution is -0.158. The predicted octanol–water partition coefficient (Wildman–Crippen LogP) is 4.73. The van der Waals surface area contributed by atoms with Crippen LogP contribution < -0.4 is 10.9 Å². The fourth-order valence-corrected chi connectivity index (χ4v) is 4.95. The first-order chi connectivity index (χ1) is 21.7. The Labute approximate surface area is 264 Å². The Morgan fingerprint density at radius 2 is 1.60 bits per heavy atom. The molecular weight excluding hydrogens is 572 g/mol. The third-order valence-corrected chi connectivity index (χ3v) is 7.43. The minimum atomic E-state index is -0.887. The monoisotopic (exact) mass is 616 g/mol. The number of aromatic nitrogens is 3. The number of benzene rings is 2. The molecule has 3 rings (SSSR count). The molecular formula is C34H44N6O5. The predicted molar refractivity (Wildman–Crippen MR) is 170 cm³/mol. The van der Waals surface area contributed by atoms with Gasteiger partial charge in [-0.3, -0.25) is 29.4 Å². The number of nitrogens with zero attached hydrogens (tertiary/aromatic N) is 4. The molecule has 3 aromatic rings. The van der Waals surface area contributed by atoms with Gasteiger partial charge in [0.2, 0.25) is 11.8 Å². The summed E-state index contributed by atoms with van der Waals surface area (Å²) >= 11 is 0. The average Bonchev–Trinajstić information content (AvgIpc) is 3.55. The number of amides is 4. The Morgan fingerprint density at radius 3 is 2.20 bits per heavy atom. The van der Waals surface area contributed by atoms with Gasteiger partial charge in [-0.25, -0.2) is 10.2 Å². The van der Waals surface area contributed by atoms with E-state index in [4.69, 9.17) is 4.84 Å². The molecule has 240 valence electrons. The normalized spacial score (nSPS) is 12.7. The van der Waals surface area contributed by atoms with Gasteiger partial charge in [0.1, 0.15) is 6.54 Å². The number of rotatable bonds is 16. The van der Waals surface area contributed by atoms with Crippen molar-refractivity contribution in [1.82, 2.24) is 30.9 Å². The largest absolute Gasteiger partial charge is 0.273 e. The highest BCUT2D eigenvalue weighted by Gasteiger charge is 2.37. The molecule has 1 heterocycles. The zero-order valence-corrected chi connectivity index (χ0v) is 26.5. The highest BCUT2D eigenvalue weighted by atomic mass is 16.6. The number of hydroxylamine groups is 1. The van der Waals surface area contributed by atoms with E-state index in [1.165, 1.54) is 17.1 Å². The molecule has 45 heavy (non-hydrogen) atoms. The Balaban J connectivity index is 1.88. The zero-order valence-electron chi connectivity index (χ0n) is 26.5. The molecule has 0 fully saturated rings. The summed E-state index contributed by atoms with van der Waals surface area (Å²) in [4.78, 5) is 60.1. The second-order valence-corrected chi connectivity index (χ2v) is 11.3. The van der Waals surface area contributed by atoms with Gasteiger partial charge in [-0.2, -0.15) is 5.01 Å². The second kappa shape index (κ2) is 18.2. The number of hydrogen-bond donors (Lipinski definition) is 2. The summed E-state index contributed by atoms with van der Waals surface area (Å²) in [5.74, 6) is -4.47. The maximum Gasteiger partial charge on any atom is 0.269 e. The van der Waals surface area contributed by atoms with E-state index in [-0.39, 0.29) is 25.5 Å². The minimum Gasteiger partial charge on any atom is -0.273 e. The zero-order chi connectivity index (χ0) is 32.6. The topological polar surface area (TPSA) is 136 Å². The summed E-state index contributed by atoms with van der Waals surface area (Å²) in [5, 5.41) is 8.32. The fraction of sp³-hybridized carbons (Fsp3) is 0.412. The molecule has 2 N–H and O–H groups in total. The number of imide groups is 1. The van der Waals surface area contributed by atoms with Crippen molar-refractivity contribution in [3.8, 4) is 0 Å². The highest BCUT2D eigenvalue weighted by Crippen LogP contribution is 2.26. The summed E-state index contributed by atoms with van der Waals surface area (Å²) < 4.78 is 1.28. The number of hydrazine groups is 1. The molecule has 0 aliphatic carbocycles. The van der Waals surface area contributed by atoms with Crippen LogP contribution in [-0.2, 0) is 37.2 Å². The Bertz CT molecular complexity index is 1370. The van der Waals surface area contributed by atoms with Crippen LogP contribution in [0.3, 0.4) is 0 Å². The van der Waals surface area contributed by atoms with Crippen LogP contribution in [0.15, 0.2) is 79.1 Å². The van der Waals surface area contributed by atoms with E-state index in [1.54, 1.807) is 0 Å². The van der Waals surface area contributed by atoms with E-state index in [9.17, 15) is 19.2 Å². The van der Waals surface area contributed by atoms with Gasteiger partial charge in [0, 0.05) is 12.1 Å². The van der Waals surface area contributed by atoms with Crippen LogP contribution >= 0.6 is 0 Å². The Kier molecular flexibility index (Phi) is 14.1. The van der Waals surface area contributed by atoms with E-state index in [1.807, 2.05) is 101 Å². The van der Waals surface area contributed by atoms with Crippen molar-refractivity contribution >= 4 is 29.7 Å². The van der Waals surface area contributed by atoms with E-state index in [2.05, 4.69) is 21.2 Å². The minimum absolute atomic E-state index is 0.0217. The van der Waals surface area contributed by atoms with Gasteiger partial charge in [-0.1, -0.05) is 106 Å². The maximum absolute atomic E-state index is 14.0. The van der Waals surface area contributed by atoms with Crippen molar-refractivity contribution < 1.29 is 24.0 Å². The Hall–Kier alpha value is -4.64. The van der Waals surface area contributed by atoms with Crippen molar-refractivity contribution in [2.45, 2.75) is 66.5 Å². The van der Waals surface area contributed by atoms with Crippen LogP contribution in [-0.4, -0.2) is 43.6 Å². The SMILES string of the molecule is CCC(CC)C(=O)N(NC(=O)[C@H](CC(C)C)[C@H](C/C=C/c1ccccc1)C(=O)NOCc1ccccc1)C(=O)Cn1ccnn1. The first kappa shape index (κ1) is 34.8. The summed E-state index contributed by atoms with van der Waals surface area (Å²) in [7, 11) is 0. The van der Waals surface area contributed by atoms with Crippen molar-refractivity contribution in [3.63, 3.8) is 0 Å². The molecule has 11 heteroatoms. The first-order valence-electron chi connectivity index (χ1n) is 15.4. The molecule has 0 aliphatic heterocycles. The Morgan fingerprint density at radius 1 is 0.933 bits per heavy atom. The van der Waals surface area contributed by atoms with Gasteiger partial charge >= 0.3 is 0 Å². The van der Waals surface area contributed by atoms with Crippen molar-refractivity contribution in [2.75, 3.05) is 0 Å². The highest BCUT2D eigenvalue weighted by molar-refractivity contribution is 5.99. The average molecular weight is 617 g/mol. The van der Waals surface area contributed by atoms with Crippen molar-refractivity contribution in [2.24, 2.45) is 23.7 Å². The number of carbonyl (C=O) groups is 4. The molecule has 11 nitrogen and oxygen atoms in total. The lowest BCUT2D eigenvalue weighted by Crippen LogP contribution is -2.55. The summed E-state index contributed by atoms with van der Waals surface area (Å²) in [6, 6.07) is 19.0. The van der Waals surface area contributed by atoms with Crippen LogP contribution in [0.5, 0.6) is 0 Å². The molecule has 0 unspecified atom stereocenters. The van der Waals surface area contributed by atoms with Crippen molar-refractivity contribution in [3.05, 3.63) is 90.3 Å². The number of allylic oxidation sites excluding steroid dienone is 1. The fourth-order valence-electron chi connectivity index (χ4n) is 4.95. The number of nitrogens with one attached hydrogen (secondary N) is 2. The molecule has 1 aromatic heterocycles. The van der Waals surface area contributed by atoms with Gasteiger partial charge in [0.15, 0.2) is 0 Å². The molecule has 0 spiro atoms. The van der Waals surface area contributed by atoms with Crippen LogP contribution in [0.1, 0.15) is 64.5 Å². The van der Waals surface area contributed by atoms with Crippen LogP contribution in [0.25, 0.3) is 6.08 Å².